The molecule has 0 radical (unpaired) electrons. The summed E-state index contributed by atoms with van der Waals surface area (Å²) in [7, 11) is 3.18. The van der Waals surface area contributed by atoms with Crippen LogP contribution in [0.3, 0.4) is 0 Å². The summed E-state index contributed by atoms with van der Waals surface area (Å²) < 4.78 is 16.8. The van der Waals surface area contributed by atoms with Crippen LogP contribution < -0.4 is 9.47 Å². The first-order valence-electron chi connectivity index (χ1n) is 13.4. The van der Waals surface area contributed by atoms with Gasteiger partial charge in [-0.2, -0.15) is 0 Å². The molecule has 7 heteroatoms. The minimum absolute atomic E-state index is 0.368. The van der Waals surface area contributed by atoms with Crippen LogP contribution in [0.2, 0.25) is 0 Å². The van der Waals surface area contributed by atoms with Crippen LogP contribution in [0.1, 0.15) is 65.4 Å². The topological polar surface area (TPSA) is 82.1 Å². The van der Waals surface area contributed by atoms with Crippen molar-refractivity contribution in [1.29, 1.82) is 0 Å². The second-order valence-corrected chi connectivity index (χ2v) is 10.1. The largest absolute Gasteiger partial charge is 0.493 e. The van der Waals surface area contributed by atoms with E-state index in [1.807, 2.05) is 44.2 Å². The van der Waals surface area contributed by atoms with Gasteiger partial charge in [-0.15, -0.1) is 0 Å². The minimum atomic E-state index is -0.780. The molecule has 2 rings (SSSR count). The SMILES string of the molecule is C=C/C=C\C(=C/C)[C@@H](CCc1ccc(OC)c(OC)c1)OC(=O)[C@@H]1CCCCN1C(=O)C(=O)C(C)(C)CC. The van der Waals surface area contributed by atoms with Crippen LogP contribution in [0.5, 0.6) is 11.5 Å². The predicted molar refractivity (Wildman–Crippen MR) is 149 cm³/mol. The molecule has 7 nitrogen and oxygen atoms in total. The molecule has 0 spiro atoms. The number of ether oxygens (including phenoxy) is 3. The fraction of sp³-hybridized carbons (Fsp3) is 0.516. The van der Waals surface area contributed by atoms with Crippen molar-refractivity contribution in [3.8, 4) is 11.5 Å². The van der Waals surface area contributed by atoms with Crippen molar-refractivity contribution in [2.45, 2.75) is 78.4 Å². The number of amides is 1. The molecule has 0 aliphatic carbocycles. The van der Waals surface area contributed by atoms with E-state index in [1.54, 1.807) is 40.2 Å². The zero-order valence-corrected chi connectivity index (χ0v) is 23.7. The number of hydrogen-bond acceptors (Lipinski definition) is 6. The molecule has 1 aromatic rings. The van der Waals surface area contributed by atoms with Gasteiger partial charge in [0.25, 0.3) is 5.91 Å². The van der Waals surface area contributed by atoms with E-state index in [9.17, 15) is 14.4 Å². The maximum absolute atomic E-state index is 13.5. The zero-order valence-electron chi connectivity index (χ0n) is 23.7. The molecule has 1 aromatic carbocycles. The van der Waals surface area contributed by atoms with Crippen molar-refractivity contribution in [2.75, 3.05) is 20.8 Å². The fourth-order valence-electron chi connectivity index (χ4n) is 4.42. The number of benzene rings is 1. The van der Waals surface area contributed by atoms with Gasteiger partial charge in [-0.25, -0.2) is 4.79 Å². The summed E-state index contributed by atoms with van der Waals surface area (Å²) in [5, 5.41) is 0. The third kappa shape index (κ3) is 7.83. The first kappa shape index (κ1) is 30.9. The van der Waals surface area contributed by atoms with E-state index in [4.69, 9.17) is 14.2 Å². The number of ketones is 1. The molecule has 0 saturated carbocycles. The van der Waals surface area contributed by atoms with Crippen LogP contribution in [-0.4, -0.2) is 55.5 Å². The Kier molecular flexibility index (Phi) is 11.8. The number of allylic oxidation sites excluding steroid dienone is 3. The molecule has 1 amide bonds. The van der Waals surface area contributed by atoms with Gasteiger partial charge >= 0.3 is 5.97 Å². The van der Waals surface area contributed by atoms with Crippen molar-refractivity contribution in [2.24, 2.45) is 5.41 Å². The summed E-state index contributed by atoms with van der Waals surface area (Å²) in [6.07, 6.45) is 10.4. The standard InChI is InChI=1S/C31H43NO6/c1-8-11-14-23(9-2)25(18-16-22-17-19-26(36-6)27(21-22)37-7)38-30(35)24-15-12-13-20-32(24)29(34)28(33)31(4,5)10-3/h8-9,11,14,17,19,21,24-25H,1,10,12-13,15-16,18,20H2,2-7H3/b14-11-,23-9+/t24-,25+/m0/s1. The van der Waals surface area contributed by atoms with E-state index in [-0.39, 0.29) is 0 Å². The van der Waals surface area contributed by atoms with Gasteiger partial charge < -0.3 is 19.1 Å². The highest BCUT2D eigenvalue weighted by Crippen LogP contribution is 2.30. The number of rotatable bonds is 13. The third-order valence-corrected chi connectivity index (χ3v) is 7.26. The summed E-state index contributed by atoms with van der Waals surface area (Å²) in [6.45, 7) is 11.4. The number of piperidine rings is 1. The van der Waals surface area contributed by atoms with Crippen LogP contribution in [0.4, 0.5) is 0 Å². The first-order valence-corrected chi connectivity index (χ1v) is 13.4. The van der Waals surface area contributed by atoms with Crippen LogP contribution in [0.15, 0.2) is 54.7 Å². The van der Waals surface area contributed by atoms with Crippen molar-refractivity contribution in [3.63, 3.8) is 0 Å². The highest BCUT2D eigenvalue weighted by molar-refractivity contribution is 6.38. The lowest BCUT2D eigenvalue weighted by Crippen LogP contribution is -2.53. The molecule has 0 unspecified atom stereocenters. The van der Waals surface area contributed by atoms with Crippen molar-refractivity contribution >= 4 is 17.7 Å². The molecule has 38 heavy (non-hydrogen) atoms. The number of nitrogens with zero attached hydrogens (tertiary/aromatic N) is 1. The van der Waals surface area contributed by atoms with Gasteiger partial charge in [0.1, 0.15) is 12.1 Å². The number of carbonyl (C=O) groups is 3. The Morgan fingerprint density at radius 2 is 1.87 bits per heavy atom. The van der Waals surface area contributed by atoms with Gasteiger partial charge in [0.15, 0.2) is 11.5 Å². The number of likely N-dealkylation sites (tertiary alicyclic amines) is 1. The molecule has 0 aromatic heterocycles. The van der Waals surface area contributed by atoms with Crippen molar-refractivity contribution in [3.05, 3.63) is 60.2 Å². The van der Waals surface area contributed by atoms with E-state index >= 15 is 0 Å². The monoisotopic (exact) mass is 525 g/mol. The second-order valence-electron chi connectivity index (χ2n) is 10.1. The van der Waals surface area contributed by atoms with E-state index in [0.717, 1.165) is 24.0 Å². The smallest absolute Gasteiger partial charge is 0.329 e. The average molecular weight is 526 g/mol. The van der Waals surface area contributed by atoms with Gasteiger partial charge in [0.05, 0.1) is 14.2 Å². The summed E-state index contributed by atoms with van der Waals surface area (Å²) in [4.78, 5) is 41.0. The molecular weight excluding hydrogens is 482 g/mol. The molecule has 0 N–H and O–H groups in total. The zero-order chi connectivity index (χ0) is 28.3. The lowest BCUT2D eigenvalue weighted by molar-refractivity contribution is -0.163. The van der Waals surface area contributed by atoms with Crippen molar-refractivity contribution < 1.29 is 28.6 Å². The molecule has 1 aliphatic heterocycles. The lowest BCUT2D eigenvalue weighted by Gasteiger charge is -2.36. The molecule has 1 heterocycles. The van der Waals surface area contributed by atoms with Gasteiger partial charge in [-0.05, 0) is 68.7 Å². The van der Waals surface area contributed by atoms with Crippen molar-refractivity contribution in [1.82, 2.24) is 4.90 Å². The Morgan fingerprint density at radius 1 is 1.16 bits per heavy atom. The van der Waals surface area contributed by atoms with E-state index in [1.165, 1.54) is 4.90 Å². The number of esters is 1. The van der Waals surface area contributed by atoms with Crippen LogP contribution in [0.25, 0.3) is 0 Å². The highest BCUT2D eigenvalue weighted by Gasteiger charge is 2.41. The van der Waals surface area contributed by atoms with Gasteiger partial charge in [0.2, 0.25) is 5.78 Å². The number of hydrogen-bond donors (Lipinski definition) is 0. The third-order valence-electron chi connectivity index (χ3n) is 7.26. The van der Waals surface area contributed by atoms with Gasteiger partial charge in [-0.1, -0.05) is 57.7 Å². The summed E-state index contributed by atoms with van der Waals surface area (Å²) >= 11 is 0. The Morgan fingerprint density at radius 3 is 2.47 bits per heavy atom. The first-order chi connectivity index (χ1) is 18.1. The average Bonchev–Trinajstić information content (AvgIpc) is 2.94. The molecule has 1 saturated heterocycles. The number of carbonyl (C=O) groups excluding carboxylic acids is 3. The normalized spacial score (nSPS) is 17.2. The van der Waals surface area contributed by atoms with Crippen LogP contribution in [0, 0.1) is 5.41 Å². The molecule has 0 bridgehead atoms. The summed E-state index contributed by atoms with van der Waals surface area (Å²) in [6, 6.07) is 4.94. The van der Waals surface area contributed by atoms with Gasteiger partial charge in [-0.3, -0.25) is 9.59 Å². The predicted octanol–water partition coefficient (Wildman–Crippen LogP) is 5.62. The maximum atomic E-state index is 13.5. The Labute approximate surface area is 227 Å². The summed E-state index contributed by atoms with van der Waals surface area (Å²) in [5.41, 5.74) is 1.06. The van der Waals surface area contributed by atoms with E-state index in [2.05, 4.69) is 6.58 Å². The number of Topliss-reactive ketones (excluding diaryl/α,β-unsaturated/α-hetero) is 1. The fourth-order valence-corrected chi connectivity index (χ4v) is 4.42. The Bertz CT molecular complexity index is 1050. The molecular formula is C31H43NO6. The molecule has 208 valence electrons. The Balaban J connectivity index is 2.27. The minimum Gasteiger partial charge on any atom is -0.493 e. The number of aryl methyl sites for hydroxylation is 1. The Hall–Kier alpha value is -3.35. The number of methoxy groups -OCH3 is 2. The quantitative estimate of drug-likeness (QED) is 0.189. The van der Waals surface area contributed by atoms with Crippen LogP contribution in [-0.2, 0) is 25.5 Å². The van der Waals surface area contributed by atoms with Gasteiger partial charge in [0, 0.05) is 12.0 Å². The lowest BCUT2D eigenvalue weighted by atomic mass is 9.84. The molecule has 1 aliphatic rings. The summed E-state index contributed by atoms with van der Waals surface area (Å²) in [5.74, 6) is -0.271. The van der Waals surface area contributed by atoms with E-state index in [0.29, 0.717) is 43.7 Å². The maximum Gasteiger partial charge on any atom is 0.329 e. The molecule has 1 fully saturated rings. The molecule has 2 atom stereocenters. The second kappa shape index (κ2) is 14.6. The van der Waals surface area contributed by atoms with Crippen LogP contribution >= 0.6 is 0 Å². The van der Waals surface area contributed by atoms with E-state index < -0.39 is 35.2 Å². The highest BCUT2D eigenvalue weighted by atomic mass is 16.5.